The van der Waals surface area contributed by atoms with Gasteiger partial charge in [0.1, 0.15) is 11.5 Å². The predicted molar refractivity (Wildman–Crippen MR) is 87.5 cm³/mol. The van der Waals surface area contributed by atoms with Crippen LogP contribution >= 0.6 is 0 Å². The van der Waals surface area contributed by atoms with Crippen LogP contribution in [0.15, 0.2) is 64.3 Å². The summed E-state index contributed by atoms with van der Waals surface area (Å²) in [5.74, 6) is -0.201. The van der Waals surface area contributed by atoms with Gasteiger partial charge in [0.2, 0.25) is 5.91 Å². The highest BCUT2D eigenvalue weighted by Crippen LogP contribution is 2.01. The van der Waals surface area contributed by atoms with Crippen molar-refractivity contribution in [3.63, 3.8) is 0 Å². The largest absolute Gasteiger partial charge is 0.463 e. The van der Waals surface area contributed by atoms with Crippen LogP contribution in [-0.4, -0.2) is 24.1 Å². The number of rotatable bonds is 6. The van der Waals surface area contributed by atoms with Crippen LogP contribution in [0.25, 0.3) is 6.08 Å². The quantitative estimate of drug-likeness (QED) is 0.486. The van der Waals surface area contributed by atoms with Crippen molar-refractivity contribution in [2.24, 2.45) is 5.10 Å². The van der Waals surface area contributed by atoms with Crippen molar-refractivity contribution in [3.8, 4) is 0 Å². The van der Waals surface area contributed by atoms with Crippen molar-refractivity contribution >= 4 is 23.6 Å². The van der Waals surface area contributed by atoms with Gasteiger partial charge in [0.15, 0.2) is 0 Å². The lowest BCUT2D eigenvalue weighted by Gasteiger charge is -2.02. The summed E-state index contributed by atoms with van der Waals surface area (Å²) in [5.41, 5.74) is 3.80. The Balaban J connectivity index is 1.75. The highest BCUT2D eigenvalue weighted by atomic mass is 16.3. The molecule has 0 saturated carbocycles. The molecule has 1 aromatic heterocycles. The van der Waals surface area contributed by atoms with Gasteiger partial charge >= 0.3 is 0 Å². The number of carbonyl (C=O) groups excluding carboxylic acids is 2. The summed E-state index contributed by atoms with van der Waals surface area (Å²) in [6.07, 6.45) is 4.57. The number of furan rings is 1. The molecule has 2 aromatic rings. The first kappa shape index (κ1) is 16.2. The Morgan fingerprint density at radius 2 is 1.96 bits per heavy atom. The molecule has 0 saturated heterocycles. The number of nitrogens with one attached hydrogen (secondary N) is 2. The molecule has 2 amide bonds. The number of hydrogen-bond donors (Lipinski definition) is 2. The fourth-order valence-corrected chi connectivity index (χ4v) is 1.69. The van der Waals surface area contributed by atoms with Gasteiger partial charge in [-0.2, -0.15) is 5.10 Å². The predicted octanol–water partition coefficient (Wildman–Crippen LogP) is 1.95. The molecule has 0 atom stereocenters. The van der Waals surface area contributed by atoms with Crippen LogP contribution < -0.4 is 10.7 Å². The van der Waals surface area contributed by atoms with Crippen molar-refractivity contribution in [3.05, 3.63) is 66.1 Å². The van der Waals surface area contributed by atoms with E-state index in [0.717, 1.165) is 5.56 Å². The number of nitrogens with zero attached hydrogens (tertiary/aromatic N) is 1. The van der Waals surface area contributed by atoms with Crippen molar-refractivity contribution < 1.29 is 14.0 Å². The van der Waals surface area contributed by atoms with E-state index in [1.54, 1.807) is 25.1 Å². The Kier molecular flexibility index (Phi) is 5.88. The van der Waals surface area contributed by atoms with Gasteiger partial charge in [-0.1, -0.05) is 30.3 Å². The standard InChI is InChI=1S/C17H17N3O3/c1-13(15-8-5-11-23-15)19-20-17(22)12-18-16(21)10-9-14-6-3-2-4-7-14/h2-11H,12H2,1H3,(H,18,21)(H,20,22)/b10-9+,19-13-. The first-order chi connectivity index (χ1) is 11.1. The van der Waals surface area contributed by atoms with Crippen molar-refractivity contribution in [2.45, 2.75) is 6.92 Å². The van der Waals surface area contributed by atoms with E-state index >= 15 is 0 Å². The zero-order valence-corrected chi connectivity index (χ0v) is 12.7. The number of amides is 2. The van der Waals surface area contributed by atoms with Crippen LogP contribution in [0, 0.1) is 0 Å². The Morgan fingerprint density at radius 1 is 1.17 bits per heavy atom. The van der Waals surface area contributed by atoms with Crippen molar-refractivity contribution in [1.29, 1.82) is 0 Å². The third kappa shape index (κ3) is 5.62. The molecule has 0 bridgehead atoms. The van der Waals surface area contributed by atoms with Crippen LogP contribution in [-0.2, 0) is 9.59 Å². The van der Waals surface area contributed by atoms with Gasteiger partial charge in [0, 0.05) is 6.08 Å². The molecule has 2 rings (SSSR count). The lowest BCUT2D eigenvalue weighted by atomic mass is 10.2. The third-order valence-electron chi connectivity index (χ3n) is 2.88. The molecule has 6 heteroatoms. The highest BCUT2D eigenvalue weighted by molar-refractivity contribution is 5.97. The Labute approximate surface area is 133 Å². The molecule has 0 aliphatic heterocycles. The van der Waals surface area contributed by atoms with Gasteiger partial charge in [-0.25, -0.2) is 5.43 Å². The van der Waals surface area contributed by atoms with Crippen LogP contribution in [0.4, 0.5) is 0 Å². The van der Waals surface area contributed by atoms with E-state index in [0.29, 0.717) is 11.5 Å². The van der Waals surface area contributed by atoms with Gasteiger partial charge in [-0.05, 0) is 30.7 Å². The third-order valence-corrected chi connectivity index (χ3v) is 2.88. The van der Waals surface area contributed by atoms with Crippen LogP contribution in [0.5, 0.6) is 0 Å². The second-order valence-electron chi connectivity index (χ2n) is 4.67. The van der Waals surface area contributed by atoms with Crippen LogP contribution in [0.1, 0.15) is 18.2 Å². The molecule has 0 aliphatic rings. The van der Waals surface area contributed by atoms with Gasteiger partial charge in [-0.3, -0.25) is 9.59 Å². The molecule has 118 valence electrons. The summed E-state index contributed by atoms with van der Waals surface area (Å²) in [6.45, 7) is 1.55. The van der Waals surface area contributed by atoms with E-state index < -0.39 is 5.91 Å². The molecule has 23 heavy (non-hydrogen) atoms. The summed E-state index contributed by atoms with van der Waals surface area (Å²) >= 11 is 0. The van der Waals surface area contributed by atoms with E-state index in [9.17, 15) is 9.59 Å². The maximum absolute atomic E-state index is 11.6. The molecule has 0 aliphatic carbocycles. The zero-order chi connectivity index (χ0) is 16.5. The highest BCUT2D eigenvalue weighted by Gasteiger charge is 2.04. The van der Waals surface area contributed by atoms with E-state index in [1.165, 1.54) is 12.3 Å². The average molecular weight is 311 g/mol. The summed E-state index contributed by atoms with van der Waals surface area (Å²) in [4.78, 5) is 23.2. The molecule has 2 N–H and O–H groups in total. The number of benzene rings is 1. The van der Waals surface area contributed by atoms with E-state index in [-0.39, 0.29) is 12.5 Å². The first-order valence-electron chi connectivity index (χ1n) is 7.03. The van der Waals surface area contributed by atoms with Gasteiger partial charge in [-0.15, -0.1) is 0 Å². The minimum Gasteiger partial charge on any atom is -0.463 e. The molecule has 0 fully saturated rings. The fourth-order valence-electron chi connectivity index (χ4n) is 1.69. The van der Waals surface area contributed by atoms with E-state index in [1.807, 2.05) is 30.3 Å². The number of hydrogen-bond acceptors (Lipinski definition) is 4. The van der Waals surface area contributed by atoms with Gasteiger partial charge < -0.3 is 9.73 Å². The summed E-state index contributed by atoms with van der Waals surface area (Å²) in [6, 6.07) is 12.9. The lowest BCUT2D eigenvalue weighted by molar-refractivity contribution is -0.123. The van der Waals surface area contributed by atoms with Crippen molar-refractivity contribution in [2.75, 3.05) is 6.54 Å². The summed E-state index contributed by atoms with van der Waals surface area (Å²) in [7, 11) is 0. The SMILES string of the molecule is C/C(=N/NC(=O)CNC(=O)/C=C/c1ccccc1)c1ccco1. The minimum absolute atomic E-state index is 0.160. The van der Waals surface area contributed by atoms with E-state index in [2.05, 4.69) is 15.8 Å². The molecule has 0 spiro atoms. The summed E-state index contributed by atoms with van der Waals surface area (Å²) in [5, 5.41) is 6.37. The smallest absolute Gasteiger partial charge is 0.259 e. The Hall–Kier alpha value is -3.15. The molecule has 1 aromatic carbocycles. The Bertz CT molecular complexity index is 704. The number of carbonyl (C=O) groups is 2. The minimum atomic E-state index is -0.419. The molecule has 6 nitrogen and oxygen atoms in total. The molecule has 0 radical (unpaired) electrons. The second-order valence-corrected chi connectivity index (χ2v) is 4.67. The zero-order valence-electron chi connectivity index (χ0n) is 12.7. The molecular weight excluding hydrogens is 294 g/mol. The monoisotopic (exact) mass is 311 g/mol. The Morgan fingerprint density at radius 3 is 2.65 bits per heavy atom. The van der Waals surface area contributed by atoms with Gasteiger partial charge in [0.05, 0.1) is 12.8 Å². The molecular formula is C17H17N3O3. The topological polar surface area (TPSA) is 83.7 Å². The first-order valence-corrected chi connectivity index (χ1v) is 7.03. The summed E-state index contributed by atoms with van der Waals surface area (Å²) < 4.78 is 5.14. The van der Waals surface area contributed by atoms with Crippen LogP contribution in [0.2, 0.25) is 0 Å². The van der Waals surface area contributed by atoms with Crippen molar-refractivity contribution in [1.82, 2.24) is 10.7 Å². The lowest BCUT2D eigenvalue weighted by Crippen LogP contribution is -2.34. The van der Waals surface area contributed by atoms with E-state index in [4.69, 9.17) is 4.42 Å². The average Bonchev–Trinajstić information content (AvgIpc) is 3.11. The fraction of sp³-hybridized carbons (Fsp3) is 0.118. The second kappa shape index (κ2) is 8.33. The maximum Gasteiger partial charge on any atom is 0.259 e. The normalized spacial score (nSPS) is 11.4. The molecule has 1 heterocycles. The van der Waals surface area contributed by atoms with Gasteiger partial charge in [0.25, 0.3) is 5.91 Å². The number of hydrazone groups is 1. The maximum atomic E-state index is 11.6. The molecule has 0 unspecified atom stereocenters. The van der Waals surface area contributed by atoms with Crippen LogP contribution in [0.3, 0.4) is 0 Å².